The maximum Gasteiger partial charge on any atom is 0.105 e. The quantitative estimate of drug-likeness (QED) is 0.223. The molecule has 5 aromatic carbocycles. The van der Waals surface area contributed by atoms with Gasteiger partial charge in [0.15, 0.2) is 0 Å². The van der Waals surface area contributed by atoms with Gasteiger partial charge in [-0.05, 0) is 47.5 Å². The highest BCUT2D eigenvalue weighted by Gasteiger charge is 2.23. The van der Waals surface area contributed by atoms with Crippen LogP contribution in [0, 0.1) is 0 Å². The zero-order valence-electron chi connectivity index (χ0n) is 19.6. The van der Waals surface area contributed by atoms with E-state index >= 15 is 0 Å². The van der Waals surface area contributed by atoms with Gasteiger partial charge < -0.3 is 10.2 Å². The number of aliphatic hydroxyl groups is 2. The predicted molar refractivity (Wildman–Crippen MR) is 149 cm³/mol. The molecule has 178 valence electrons. The molecule has 0 bridgehead atoms. The molecule has 2 nitrogen and oxygen atoms in total. The van der Waals surface area contributed by atoms with Crippen molar-refractivity contribution in [1.82, 2.24) is 0 Å². The number of benzene rings is 5. The first-order valence-corrected chi connectivity index (χ1v) is 13.4. The summed E-state index contributed by atoms with van der Waals surface area (Å²) in [4.78, 5) is 3.98. The van der Waals surface area contributed by atoms with Gasteiger partial charge in [0, 0.05) is 30.7 Å². The van der Waals surface area contributed by atoms with Crippen LogP contribution in [0.4, 0.5) is 0 Å². The number of hydrogen-bond acceptors (Lipinski definition) is 4. The van der Waals surface area contributed by atoms with Crippen molar-refractivity contribution >= 4 is 23.5 Å². The minimum absolute atomic E-state index is 0.796. The van der Waals surface area contributed by atoms with Crippen LogP contribution >= 0.6 is 23.5 Å². The summed E-state index contributed by atoms with van der Waals surface area (Å²) < 4.78 is 0. The van der Waals surface area contributed by atoms with Crippen molar-refractivity contribution in [3.05, 3.63) is 156 Å². The van der Waals surface area contributed by atoms with Crippen LogP contribution in [0.15, 0.2) is 153 Å². The Labute approximate surface area is 220 Å². The monoisotopic (exact) mass is 506 g/mol. The zero-order chi connectivity index (χ0) is 24.7. The van der Waals surface area contributed by atoms with Gasteiger partial charge in [0.25, 0.3) is 0 Å². The van der Waals surface area contributed by atoms with E-state index in [9.17, 15) is 10.2 Å². The molecule has 2 unspecified atom stereocenters. The molecule has 4 heteroatoms. The lowest BCUT2D eigenvalue weighted by molar-refractivity contribution is 0.211. The number of aliphatic hydroxyl groups excluding tert-OH is 2. The third-order valence-corrected chi connectivity index (χ3v) is 8.07. The van der Waals surface area contributed by atoms with Crippen molar-refractivity contribution in [1.29, 1.82) is 0 Å². The van der Waals surface area contributed by atoms with Crippen LogP contribution in [0.5, 0.6) is 0 Å². The molecule has 2 N–H and O–H groups in total. The van der Waals surface area contributed by atoms with Crippen LogP contribution in [0.25, 0.3) is 0 Å². The van der Waals surface area contributed by atoms with Gasteiger partial charge >= 0.3 is 0 Å². The average Bonchev–Trinajstić information content (AvgIpc) is 2.95. The second kappa shape index (κ2) is 11.6. The van der Waals surface area contributed by atoms with E-state index in [4.69, 9.17) is 0 Å². The SMILES string of the molecule is OC(c1ccccc1)c1cc(Sc2ccccc2)c(C(O)c2ccccc2)cc1Sc1ccccc1. The van der Waals surface area contributed by atoms with E-state index in [1.165, 1.54) is 0 Å². The lowest BCUT2D eigenvalue weighted by Gasteiger charge is -2.22. The van der Waals surface area contributed by atoms with Crippen molar-refractivity contribution in [3.8, 4) is 0 Å². The van der Waals surface area contributed by atoms with Gasteiger partial charge in [-0.2, -0.15) is 0 Å². The molecular weight excluding hydrogens is 480 g/mol. The molecule has 0 aromatic heterocycles. The Balaban J connectivity index is 1.67. The summed E-state index contributed by atoms with van der Waals surface area (Å²) in [5.41, 5.74) is 3.30. The molecule has 0 aliphatic rings. The van der Waals surface area contributed by atoms with E-state index in [0.717, 1.165) is 41.8 Å². The first kappa shape index (κ1) is 24.4. The van der Waals surface area contributed by atoms with Gasteiger partial charge in [-0.1, -0.05) is 121 Å². The summed E-state index contributed by atoms with van der Waals surface area (Å²) in [6.45, 7) is 0. The van der Waals surface area contributed by atoms with Crippen LogP contribution < -0.4 is 0 Å². The standard InChI is InChI=1S/C32H26O2S2/c33-31(23-13-5-1-6-14-23)27-21-30(36-26-19-11-4-12-20-26)28(32(34)24-15-7-2-8-16-24)22-29(27)35-25-17-9-3-10-18-25/h1-22,31-34H. The lowest BCUT2D eigenvalue weighted by atomic mass is 9.96. The summed E-state index contributed by atoms with van der Waals surface area (Å²) >= 11 is 3.20. The van der Waals surface area contributed by atoms with Crippen molar-refractivity contribution in [2.75, 3.05) is 0 Å². The maximum atomic E-state index is 11.5. The molecule has 36 heavy (non-hydrogen) atoms. The van der Waals surface area contributed by atoms with E-state index in [1.54, 1.807) is 23.5 Å². The second-order valence-electron chi connectivity index (χ2n) is 8.38. The van der Waals surface area contributed by atoms with Crippen LogP contribution in [-0.4, -0.2) is 10.2 Å². The normalized spacial score (nSPS) is 12.7. The average molecular weight is 507 g/mol. The Morgan fingerprint density at radius 1 is 0.417 bits per heavy atom. The molecule has 0 aliphatic carbocycles. The van der Waals surface area contributed by atoms with Gasteiger partial charge in [0.05, 0.1) is 0 Å². The maximum absolute atomic E-state index is 11.5. The minimum Gasteiger partial charge on any atom is -0.384 e. The molecular formula is C32H26O2S2. The Kier molecular flexibility index (Phi) is 7.89. The fraction of sp³-hybridized carbons (Fsp3) is 0.0625. The molecule has 0 spiro atoms. The topological polar surface area (TPSA) is 40.5 Å². The third kappa shape index (κ3) is 5.75. The summed E-state index contributed by atoms with van der Waals surface area (Å²) in [6.07, 6.45) is -1.59. The molecule has 0 saturated heterocycles. The highest BCUT2D eigenvalue weighted by Crippen LogP contribution is 2.43. The van der Waals surface area contributed by atoms with Crippen molar-refractivity contribution in [2.45, 2.75) is 31.8 Å². The first-order chi connectivity index (χ1) is 17.7. The largest absolute Gasteiger partial charge is 0.384 e. The third-order valence-electron chi connectivity index (χ3n) is 5.90. The van der Waals surface area contributed by atoms with E-state index in [1.807, 2.05) is 109 Å². The first-order valence-electron chi connectivity index (χ1n) is 11.8. The van der Waals surface area contributed by atoms with Gasteiger partial charge in [-0.25, -0.2) is 0 Å². The molecule has 0 heterocycles. The van der Waals surface area contributed by atoms with Crippen LogP contribution in [0.1, 0.15) is 34.5 Å². The van der Waals surface area contributed by atoms with Gasteiger partial charge in [0.1, 0.15) is 12.2 Å². The fourth-order valence-corrected chi connectivity index (χ4v) is 6.10. The smallest absolute Gasteiger partial charge is 0.105 e. The summed E-state index contributed by atoms with van der Waals surface area (Å²) in [5.74, 6) is 0. The molecule has 5 rings (SSSR count). The van der Waals surface area contributed by atoms with Gasteiger partial charge in [-0.15, -0.1) is 0 Å². The molecule has 0 fully saturated rings. The van der Waals surface area contributed by atoms with Crippen molar-refractivity contribution in [2.24, 2.45) is 0 Å². The lowest BCUT2D eigenvalue weighted by Crippen LogP contribution is -2.07. The Hall–Kier alpha value is -3.28. The Morgan fingerprint density at radius 2 is 0.722 bits per heavy atom. The van der Waals surface area contributed by atoms with Gasteiger partial charge in [0.2, 0.25) is 0 Å². The van der Waals surface area contributed by atoms with E-state index < -0.39 is 12.2 Å². The summed E-state index contributed by atoms with van der Waals surface area (Å²) in [5, 5.41) is 23.0. The van der Waals surface area contributed by atoms with Crippen LogP contribution in [-0.2, 0) is 0 Å². The summed E-state index contributed by atoms with van der Waals surface area (Å²) in [7, 11) is 0. The molecule has 0 saturated carbocycles. The predicted octanol–water partition coefficient (Wildman–Crippen LogP) is 8.15. The fourth-order valence-electron chi connectivity index (χ4n) is 4.06. The molecule has 2 atom stereocenters. The molecule has 0 aliphatic heterocycles. The summed E-state index contributed by atoms with van der Waals surface area (Å²) in [6, 6.07) is 43.8. The van der Waals surface area contributed by atoms with E-state index in [0.29, 0.717) is 0 Å². The highest BCUT2D eigenvalue weighted by molar-refractivity contribution is 7.99. The number of rotatable bonds is 8. The highest BCUT2D eigenvalue weighted by atomic mass is 32.2. The zero-order valence-corrected chi connectivity index (χ0v) is 21.2. The van der Waals surface area contributed by atoms with Crippen LogP contribution in [0.2, 0.25) is 0 Å². The second-order valence-corrected chi connectivity index (χ2v) is 10.6. The van der Waals surface area contributed by atoms with E-state index in [-0.39, 0.29) is 0 Å². The molecule has 0 amide bonds. The van der Waals surface area contributed by atoms with E-state index in [2.05, 4.69) is 24.3 Å². The number of hydrogen-bond donors (Lipinski definition) is 2. The van der Waals surface area contributed by atoms with Crippen LogP contribution in [0.3, 0.4) is 0 Å². The van der Waals surface area contributed by atoms with Crippen molar-refractivity contribution in [3.63, 3.8) is 0 Å². The Bertz CT molecular complexity index is 1280. The van der Waals surface area contributed by atoms with Gasteiger partial charge in [-0.3, -0.25) is 0 Å². The minimum atomic E-state index is -0.796. The Morgan fingerprint density at radius 3 is 1.06 bits per heavy atom. The molecule has 5 aromatic rings. The molecule has 0 radical (unpaired) electrons. The van der Waals surface area contributed by atoms with Crippen molar-refractivity contribution < 1.29 is 10.2 Å².